The first-order valence-corrected chi connectivity index (χ1v) is 8.98. The number of amides is 1. The lowest BCUT2D eigenvalue weighted by molar-refractivity contribution is -0.115. The number of hydrogen-bond acceptors (Lipinski definition) is 5. The molecule has 1 aromatic carbocycles. The Morgan fingerprint density at radius 3 is 2.58 bits per heavy atom. The molecule has 0 fully saturated rings. The molecule has 0 unspecified atom stereocenters. The first kappa shape index (κ1) is 18.3. The molecule has 10 heteroatoms. The molecule has 3 aromatic rings. The molecule has 26 heavy (non-hydrogen) atoms. The molecule has 8 nitrogen and oxygen atoms in total. The summed E-state index contributed by atoms with van der Waals surface area (Å²) >= 11 is 7.35. The molecule has 2 N–H and O–H groups in total. The molecule has 0 aliphatic heterocycles. The second-order valence-corrected chi connectivity index (χ2v) is 7.05. The summed E-state index contributed by atoms with van der Waals surface area (Å²) in [5, 5.41) is 0.957. The Bertz CT molecular complexity index is 1130. The third-order valence-corrected chi connectivity index (χ3v) is 5.31. The van der Waals surface area contributed by atoms with Crippen LogP contribution >= 0.6 is 23.4 Å². The summed E-state index contributed by atoms with van der Waals surface area (Å²) in [6.07, 6.45) is 0. The van der Waals surface area contributed by atoms with E-state index in [4.69, 9.17) is 17.3 Å². The van der Waals surface area contributed by atoms with Gasteiger partial charge < -0.3 is 10.3 Å². The second-order valence-electron chi connectivity index (χ2n) is 5.70. The van der Waals surface area contributed by atoms with Gasteiger partial charge in [-0.25, -0.2) is 9.78 Å². The van der Waals surface area contributed by atoms with Crippen molar-refractivity contribution in [3.8, 4) is 0 Å². The number of nitrogens with two attached hydrogens (primary N) is 1. The molecule has 136 valence electrons. The molecule has 0 saturated heterocycles. The summed E-state index contributed by atoms with van der Waals surface area (Å²) in [6.45, 7) is 0.269. The minimum atomic E-state index is -0.506. The highest BCUT2D eigenvalue weighted by molar-refractivity contribution is 7.99. The molecule has 0 bridgehead atoms. The van der Waals surface area contributed by atoms with Gasteiger partial charge in [-0.15, -0.1) is 0 Å². The van der Waals surface area contributed by atoms with Gasteiger partial charge in [0.25, 0.3) is 5.56 Å². The number of primary amides is 1. The van der Waals surface area contributed by atoms with E-state index < -0.39 is 17.2 Å². The van der Waals surface area contributed by atoms with Gasteiger partial charge in [-0.3, -0.25) is 18.7 Å². The van der Waals surface area contributed by atoms with Crippen molar-refractivity contribution in [2.75, 3.05) is 5.75 Å². The molecular weight excluding hydrogens is 378 g/mol. The van der Waals surface area contributed by atoms with E-state index in [9.17, 15) is 14.4 Å². The molecule has 0 radical (unpaired) electrons. The van der Waals surface area contributed by atoms with Crippen LogP contribution in [-0.2, 0) is 25.4 Å². The van der Waals surface area contributed by atoms with Crippen LogP contribution in [0.3, 0.4) is 0 Å². The number of halogens is 1. The number of aryl methyl sites for hydroxylation is 1. The highest BCUT2D eigenvalue weighted by Crippen LogP contribution is 2.25. The predicted octanol–water partition coefficient (Wildman–Crippen LogP) is 0.713. The Balaban J connectivity index is 2.28. The minimum Gasteiger partial charge on any atom is -0.369 e. The lowest BCUT2D eigenvalue weighted by Crippen LogP contribution is -2.37. The van der Waals surface area contributed by atoms with Crippen LogP contribution in [0.5, 0.6) is 0 Å². The third-order valence-electron chi connectivity index (χ3n) is 3.94. The zero-order valence-electron chi connectivity index (χ0n) is 14.1. The molecule has 0 aliphatic rings. The molecule has 2 aromatic heterocycles. The quantitative estimate of drug-likeness (QED) is 0.643. The van der Waals surface area contributed by atoms with E-state index in [1.54, 1.807) is 17.7 Å². The molecule has 0 saturated carbocycles. The molecule has 0 atom stereocenters. The van der Waals surface area contributed by atoms with Crippen molar-refractivity contribution in [3.05, 3.63) is 55.7 Å². The van der Waals surface area contributed by atoms with Gasteiger partial charge in [-0.05, 0) is 11.6 Å². The monoisotopic (exact) mass is 393 g/mol. The number of fused-ring (bicyclic) bond motifs is 1. The number of imidazole rings is 1. The second kappa shape index (κ2) is 7.00. The van der Waals surface area contributed by atoms with Crippen molar-refractivity contribution in [1.29, 1.82) is 0 Å². The smallest absolute Gasteiger partial charge is 0.332 e. The lowest BCUT2D eigenvalue weighted by Gasteiger charge is -2.10. The fourth-order valence-electron chi connectivity index (χ4n) is 2.62. The van der Waals surface area contributed by atoms with Crippen LogP contribution in [-0.4, -0.2) is 30.3 Å². The van der Waals surface area contributed by atoms with Gasteiger partial charge in [0.15, 0.2) is 16.3 Å². The number of nitrogens with zero attached hydrogens (tertiary/aromatic N) is 4. The Labute approximate surface area is 157 Å². The van der Waals surface area contributed by atoms with Crippen molar-refractivity contribution in [2.24, 2.45) is 19.8 Å². The molecule has 0 aliphatic carbocycles. The van der Waals surface area contributed by atoms with Crippen molar-refractivity contribution >= 4 is 40.4 Å². The average Bonchev–Trinajstić information content (AvgIpc) is 2.97. The standard InChI is InChI=1S/C16H16ClN5O3S/c1-20-13-12(14(24)21(2)16(20)25)22(15(19-13)26-8-11(18)23)7-9-5-3-4-6-10(9)17/h3-6H,7-8H2,1-2H3,(H2,18,23). The number of hydrogen-bond donors (Lipinski definition) is 1. The molecule has 2 heterocycles. The first-order chi connectivity index (χ1) is 12.3. The Morgan fingerprint density at radius 2 is 1.92 bits per heavy atom. The van der Waals surface area contributed by atoms with Gasteiger partial charge in [-0.1, -0.05) is 41.6 Å². The van der Waals surface area contributed by atoms with Crippen LogP contribution < -0.4 is 17.0 Å². The van der Waals surface area contributed by atoms with E-state index in [-0.39, 0.29) is 23.5 Å². The number of rotatable bonds is 5. The third kappa shape index (κ3) is 3.15. The van der Waals surface area contributed by atoms with Crippen molar-refractivity contribution in [1.82, 2.24) is 18.7 Å². The van der Waals surface area contributed by atoms with Crippen molar-refractivity contribution in [3.63, 3.8) is 0 Å². The number of benzene rings is 1. The summed E-state index contributed by atoms with van der Waals surface area (Å²) in [7, 11) is 2.95. The maximum absolute atomic E-state index is 12.7. The van der Waals surface area contributed by atoms with Crippen LogP contribution in [0.2, 0.25) is 5.02 Å². The lowest BCUT2D eigenvalue weighted by atomic mass is 10.2. The van der Waals surface area contributed by atoms with E-state index in [1.807, 2.05) is 18.2 Å². The zero-order valence-corrected chi connectivity index (χ0v) is 15.7. The van der Waals surface area contributed by atoms with Gasteiger partial charge in [0.05, 0.1) is 12.3 Å². The topological polar surface area (TPSA) is 105 Å². The summed E-state index contributed by atoms with van der Waals surface area (Å²) < 4.78 is 3.98. The Kier molecular flexibility index (Phi) is 4.92. The fourth-order valence-corrected chi connectivity index (χ4v) is 3.55. The van der Waals surface area contributed by atoms with Crippen LogP contribution in [0.1, 0.15) is 5.56 Å². The SMILES string of the molecule is Cn1c(=O)c2c(nc(SCC(N)=O)n2Cc2ccccc2Cl)n(C)c1=O. The average molecular weight is 394 g/mol. The maximum Gasteiger partial charge on any atom is 0.332 e. The molecule has 0 spiro atoms. The van der Waals surface area contributed by atoms with E-state index in [1.165, 1.54) is 11.6 Å². The van der Waals surface area contributed by atoms with E-state index in [0.29, 0.717) is 10.2 Å². The minimum absolute atomic E-state index is 0.000105. The zero-order chi connectivity index (χ0) is 19.0. The van der Waals surface area contributed by atoms with Crippen LogP contribution in [0, 0.1) is 0 Å². The number of carbonyl (C=O) groups is 1. The molecule has 3 rings (SSSR count). The van der Waals surface area contributed by atoms with E-state index >= 15 is 0 Å². The largest absolute Gasteiger partial charge is 0.369 e. The van der Waals surface area contributed by atoms with Crippen molar-refractivity contribution < 1.29 is 4.79 Å². The predicted molar refractivity (Wildman–Crippen MR) is 101 cm³/mol. The van der Waals surface area contributed by atoms with Crippen LogP contribution in [0.25, 0.3) is 11.2 Å². The maximum atomic E-state index is 12.7. The highest BCUT2D eigenvalue weighted by Gasteiger charge is 2.20. The summed E-state index contributed by atoms with van der Waals surface area (Å²) in [5.41, 5.74) is 5.59. The Hall–Kier alpha value is -2.52. The number of carbonyl (C=O) groups excluding carboxylic acids is 1. The van der Waals surface area contributed by atoms with Crippen LogP contribution in [0.15, 0.2) is 39.0 Å². The van der Waals surface area contributed by atoms with Gasteiger partial charge in [0, 0.05) is 19.1 Å². The normalized spacial score (nSPS) is 11.2. The van der Waals surface area contributed by atoms with Gasteiger partial charge in [0.2, 0.25) is 5.91 Å². The first-order valence-electron chi connectivity index (χ1n) is 7.62. The van der Waals surface area contributed by atoms with Gasteiger partial charge in [-0.2, -0.15) is 0 Å². The summed E-state index contributed by atoms with van der Waals surface area (Å²) in [5.74, 6) is -0.506. The van der Waals surface area contributed by atoms with E-state index in [0.717, 1.165) is 21.9 Å². The van der Waals surface area contributed by atoms with Crippen LogP contribution in [0.4, 0.5) is 0 Å². The van der Waals surface area contributed by atoms with Gasteiger partial charge >= 0.3 is 5.69 Å². The number of thioether (sulfide) groups is 1. The fraction of sp³-hybridized carbons (Fsp3) is 0.250. The Morgan fingerprint density at radius 1 is 1.23 bits per heavy atom. The molecular formula is C16H16ClN5O3S. The number of aromatic nitrogens is 4. The summed E-state index contributed by atoms with van der Waals surface area (Å²) in [6, 6.07) is 7.23. The van der Waals surface area contributed by atoms with E-state index in [2.05, 4.69) is 4.98 Å². The summed E-state index contributed by atoms with van der Waals surface area (Å²) in [4.78, 5) is 40.5. The molecule has 1 amide bonds. The van der Waals surface area contributed by atoms with Gasteiger partial charge in [0.1, 0.15) is 0 Å². The van der Waals surface area contributed by atoms with Crippen molar-refractivity contribution in [2.45, 2.75) is 11.7 Å². The highest BCUT2D eigenvalue weighted by atomic mass is 35.5.